The first-order valence-corrected chi connectivity index (χ1v) is 6.65. The van der Waals surface area contributed by atoms with Gasteiger partial charge in [0.2, 0.25) is 0 Å². The van der Waals surface area contributed by atoms with E-state index in [0.29, 0.717) is 5.56 Å². The summed E-state index contributed by atoms with van der Waals surface area (Å²) in [7, 11) is 0. The lowest BCUT2D eigenvalue weighted by molar-refractivity contribution is 0.0942. The molecule has 2 aromatic rings. The molecule has 21 heavy (non-hydrogen) atoms. The molecule has 1 heterocycles. The first-order valence-electron chi connectivity index (χ1n) is 6.65. The van der Waals surface area contributed by atoms with Crippen LogP contribution in [0.1, 0.15) is 29.4 Å². The van der Waals surface area contributed by atoms with E-state index in [0.717, 1.165) is 16.6 Å². The molecule has 1 unspecified atom stereocenters. The first-order chi connectivity index (χ1) is 10.0. The summed E-state index contributed by atoms with van der Waals surface area (Å²) in [6.07, 6.45) is 0.282. The number of fused-ring (bicyclic) bond motifs is 1. The second kappa shape index (κ2) is 6.21. The van der Waals surface area contributed by atoms with Crippen molar-refractivity contribution in [2.75, 3.05) is 0 Å². The Morgan fingerprint density at radius 2 is 2.19 bits per heavy atom. The lowest BCUT2D eigenvalue weighted by Crippen LogP contribution is -2.36. The van der Waals surface area contributed by atoms with Crippen LogP contribution in [0, 0.1) is 6.92 Å². The summed E-state index contributed by atoms with van der Waals surface area (Å²) in [4.78, 5) is 16.8. The molecule has 1 atom stereocenters. The van der Waals surface area contributed by atoms with Crippen LogP contribution >= 0.6 is 0 Å². The van der Waals surface area contributed by atoms with E-state index in [1.807, 2.05) is 31.2 Å². The van der Waals surface area contributed by atoms with Gasteiger partial charge < -0.3 is 16.3 Å². The minimum atomic E-state index is -0.236. The molecule has 0 saturated carbocycles. The minimum Gasteiger partial charge on any atom is -0.409 e. The number of para-hydroxylation sites is 1. The first kappa shape index (κ1) is 14.8. The molecule has 1 amide bonds. The molecule has 0 radical (unpaired) electrons. The molecule has 0 saturated heterocycles. The lowest BCUT2D eigenvalue weighted by Gasteiger charge is -2.14. The van der Waals surface area contributed by atoms with Crippen molar-refractivity contribution in [3.05, 3.63) is 41.6 Å². The Morgan fingerprint density at radius 1 is 1.48 bits per heavy atom. The van der Waals surface area contributed by atoms with Crippen molar-refractivity contribution in [2.45, 2.75) is 26.3 Å². The molecule has 1 aromatic carbocycles. The fraction of sp³-hybridized carbons (Fsp3) is 0.267. The van der Waals surface area contributed by atoms with E-state index in [9.17, 15) is 4.79 Å². The van der Waals surface area contributed by atoms with Crippen LogP contribution in [0.2, 0.25) is 0 Å². The summed E-state index contributed by atoms with van der Waals surface area (Å²) in [6, 6.07) is 9.02. The Balaban J connectivity index is 2.27. The van der Waals surface area contributed by atoms with E-state index in [1.165, 1.54) is 0 Å². The normalized spacial score (nSPS) is 13.1. The molecule has 6 heteroatoms. The van der Waals surface area contributed by atoms with Crippen LogP contribution in [0.25, 0.3) is 10.9 Å². The number of benzene rings is 1. The summed E-state index contributed by atoms with van der Waals surface area (Å²) < 4.78 is 0. The Hall–Kier alpha value is -2.63. The van der Waals surface area contributed by atoms with Gasteiger partial charge in [-0.25, -0.2) is 0 Å². The van der Waals surface area contributed by atoms with Gasteiger partial charge in [0.15, 0.2) is 0 Å². The predicted molar refractivity (Wildman–Crippen MR) is 81.4 cm³/mol. The number of carbonyl (C=O) groups excluding carboxylic acids is 1. The third-order valence-corrected chi connectivity index (χ3v) is 3.11. The number of nitrogens with one attached hydrogen (secondary N) is 1. The maximum Gasteiger partial charge on any atom is 0.252 e. The number of nitrogens with two attached hydrogens (primary N) is 1. The zero-order valence-electron chi connectivity index (χ0n) is 12.0. The maximum atomic E-state index is 12.4. The van der Waals surface area contributed by atoms with Gasteiger partial charge in [-0.15, -0.1) is 0 Å². The zero-order chi connectivity index (χ0) is 15.4. The smallest absolute Gasteiger partial charge is 0.252 e. The number of amidine groups is 1. The number of oxime groups is 1. The van der Waals surface area contributed by atoms with E-state index < -0.39 is 0 Å². The summed E-state index contributed by atoms with van der Waals surface area (Å²) in [6.45, 7) is 3.65. The molecule has 0 spiro atoms. The second-order valence-electron chi connectivity index (χ2n) is 5.00. The molecule has 0 aliphatic carbocycles. The van der Waals surface area contributed by atoms with Crippen LogP contribution in [0.5, 0.6) is 0 Å². The SMILES string of the molecule is Cc1cc(C(=O)NC(C)CC(N)=NO)c2ccccc2n1. The fourth-order valence-electron chi connectivity index (χ4n) is 2.20. The van der Waals surface area contributed by atoms with Gasteiger partial charge in [0.25, 0.3) is 5.91 Å². The summed E-state index contributed by atoms with van der Waals surface area (Å²) >= 11 is 0. The van der Waals surface area contributed by atoms with Crippen LogP contribution in [-0.4, -0.2) is 28.0 Å². The molecule has 4 N–H and O–H groups in total. The van der Waals surface area contributed by atoms with E-state index in [1.54, 1.807) is 13.0 Å². The van der Waals surface area contributed by atoms with Gasteiger partial charge in [-0.05, 0) is 26.0 Å². The van der Waals surface area contributed by atoms with Gasteiger partial charge >= 0.3 is 0 Å². The molecule has 0 aliphatic heterocycles. The van der Waals surface area contributed by atoms with Gasteiger partial charge in [0, 0.05) is 23.5 Å². The van der Waals surface area contributed by atoms with Crippen molar-refractivity contribution >= 4 is 22.6 Å². The largest absolute Gasteiger partial charge is 0.409 e. The van der Waals surface area contributed by atoms with Gasteiger partial charge in [-0.2, -0.15) is 0 Å². The van der Waals surface area contributed by atoms with Crippen molar-refractivity contribution < 1.29 is 10.0 Å². The highest BCUT2D eigenvalue weighted by Gasteiger charge is 2.15. The minimum absolute atomic E-state index is 0.0820. The number of pyridine rings is 1. The molecule has 0 bridgehead atoms. The summed E-state index contributed by atoms with van der Waals surface area (Å²) in [5.74, 6) is -0.117. The van der Waals surface area contributed by atoms with Crippen LogP contribution in [0.4, 0.5) is 0 Å². The number of carbonyl (C=O) groups is 1. The quantitative estimate of drug-likeness (QED) is 0.345. The Bertz CT molecular complexity index is 697. The van der Waals surface area contributed by atoms with Gasteiger partial charge in [-0.3, -0.25) is 9.78 Å². The summed E-state index contributed by atoms with van der Waals surface area (Å²) in [5.41, 5.74) is 7.58. The predicted octanol–water partition coefficient (Wildman–Crippen LogP) is 1.80. The van der Waals surface area contributed by atoms with E-state index >= 15 is 0 Å². The van der Waals surface area contributed by atoms with E-state index in [4.69, 9.17) is 10.9 Å². The maximum absolute atomic E-state index is 12.4. The molecule has 0 aliphatic rings. The molecule has 1 aromatic heterocycles. The lowest BCUT2D eigenvalue weighted by atomic mass is 10.1. The number of hydrogen-bond donors (Lipinski definition) is 3. The number of amides is 1. The molecular weight excluding hydrogens is 268 g/mol. The Labute approximate surface area is 122 Å². The van der Waals surface area contributed by atoms with Crippen molar-refractivity contribution in [1.29, 1.82) is 0 Å². The topological polar surface area (TPSA) is 101 Å². The molecule has 110 valence electrons. The average Bonchev–Trinajstić information content (AvgIpc) is 2.45. The van der Waals surface area contributed by atoms with E-state index in [-0.39, 0.29) is 24.2 Å². The molecular formula is C15H18N4O2. The Morgan fingerprint density at radius 3 is 2.90 bits per heavy atom. The zero-order valence-corrected chi connectivity index (χ0v) is 12.0. The average molecular weight is 286 g/mol. The summed E-state index contributed by atoms with van der Waals surface area (Å²) in [5, 5.41) is 15.1. The number of aryl methyl sites for hydroxylation is 1. The van der Waals surface area contributed by atoms with Crippen molar-refractivity contribution in [1.82, 2.24) is 10.3 Å². The van der Waals surface area contributed by atoms with E-state index in [2.05, 4.69) is 15.5 Å². The highest BCUT2D eigenvalue weighted by atomic mass is 16.4. The van der Waals surface area contributed by atoms with Crippen LogP contribution in [0.15, 0.2) is 35.5 Å². The van der Waals surface area contributed by atoms with Crippen molar-refractivity contribution in [3.63, 3.8) is 0 Å². The number of aromatic nitrogens is 1. The second-order valence-corrected chi connectivity index (χ2v) is 5.00. The molecule has 2 rings (SSSR count). The van der Waals surface area contributed by atoms with Crippen LogP contribution in [-0.2, 0) is 0 Å². The monoisotopic (exact) mass is 286 g/mol. The van der Waals surface area contributed by atoms with Gasteiger partial charge in [-0.1, -0.05) is 23.4 Å². The van der Waals surface area contributed by atoms with Crippen LogP contribution < -0.4 is 11.1 Å². The third kappa shape index (κ3) is 3.47. The number of nitrogens with zero attached hydrogens (tertiary/aromatic N) is 2. The van der Waals surface area contributed by atoms with Crippen molar-refractivity contribution in [3.8, 4) is 0 Å². The highest BCUT2D eigenvalue weighted by Crippen LogP contribution is 2.18. The van der Waals surface area contributed by atoms with Gasteiger partial charge in [0.1, 0.15) is 5.84 Å². The highest BCUT2D eigenvalue weighted by molar-refractivity contribution is 6.06. The van der Waals surface area contributed by atoms with Crippen LogP contribution in [0.3, 0.4) is 0 Å². The fourth-order valence-corrected chi connectivity index (χ4v) is 2.20. The van der Waals surface area contributed by atoms with Crippen molar-refractivity contribution in [2.24, 2.45) is 10.9 Å². The third-order valence-electron chi connectivity index (χ3n) is 3.11. The number of rotatable bonds is 4. The number of hydrogen-bond acceptors (Lipinski definition) is 4. The van der Waals surface area contributed by atoms with Gasteiger partial charge in [0.05, 0.1) is 11.1 Å². The Kier molecular flexibility index (Phi) is 4.37. The molecule has 0 fully saturated rings. The molecule has 6 nitrogen and oxygen atoms in total. The standard InChI is InChI=1S/C15H18N4O2/c1-9-7-12(11-5-3-4-6-13(11)17-9)15(20)18-10(2)8-14(16)19-21/h3-7,10,21H,8H2,1-2H3,(H2,16,19)(H,18,20).